The quantitative estimate of drug-likeness (QED) is 0.545. The number of rotatable bonds is 9. The first-order valence-corrected chi connectivity index (χ1v) is 12.6. The first-order valence-electron chi connectivity index (χ1n) is 9.68. The summed E-state index contributed by atoms with van der Waals surface area (Å²) in [4.78, 5) is 12.0. The second-order valence-corrected chi connectivity index (χ2v) is 10.9. The van der Waals surface area contributed by atoms with Crippen LogP contribution in [-0.4, -0.2) is 41.4 Å². The first-order chi connectivity index (χ1) is 13.3. The molecule has 0 aromatic heterocycles. The van der Waals surface area contributed by atoms with E-state index >= 15 is 0 Å². The smallest absolute Gasteiger partial charge is 0.240 e. The first kappa shape index (κ1) is 21.2. The molecule has 0 atom stereocenters. The Bertz CT molecular complexity index is 888. The van der Waals surface area contributed by atoms with E-state index in [2.05, 4.69) is 14.8 Å². The van der Waals surface area contributed by atoms with Gasteiger partial charge in [-0.25, -0.2) is 26.3 Å². The molecule has 1 aromatic rings. The lowest BCUT2D eigenvalue weighted by molar-refractivity contribution is -0.121. The molecule has 0 unspecified atom stereocenters. The van der Waals surface area contributed by atoms with Crippen molar-refractivity contribution in [3.63, 3.8) is 0 Å². The van der Waals surface area contributed by atoms with E-state index in [4.69, 9.17) is 0 Å². The monoisotopic (exact) mass is 429 g/mol. The number of carbonyl (C=O) groups excluding carboxylic acids is 1. The van der Waals surface area contributed by atoms with Crippen LogP contribution >= 0.6 is 0 Å². The van der Waals surface area contributed by atoms with Crippen molar-refractivity contribution in [2.24, 2.45) is 0 Å². The molecular formula is C18H27N3O5S2. The van der Waals surface area contributed by atoms with Gasteiger partial charge in [-0.1, -0.05) is 19.3 Å². The zero-order valence-electron chi connectivity index (χ0n) is 15.7. The summed E-state index contributed by atoms with van der Waals surface area (Å²) < 4.78 is 53.9. The maximum atomic E-state index is 12.3. The second kappa shape index (κ2) is 8.89. The zero-order chi connectivity index (χ0) is 20.2. The highest BCUT2D eigenvalue weighted by atomic mass is 32.2. The maximum Gasteiger partial charge on any atom is 0.240 e. The Morgan fingerprint density at radius 2 is 1.39 bits per heavy atom. The number of hydrogen-bond donors (Lipinski definition) is 3. The summed E-state index contributed by atoms with van der Waals surface area (Å²) in [5.41, 5.74) is 0. The van der Waals surface area contributed by atoms with Crippen molar-refractivity contribution in [2.45, 2.75) is 73.2 Å². The molecule has 8 nitrogen and oxygen atoms in total. The fraction of sp³-hybridized carbons (Fsp3) is 0.611. The van der Waals surface area contributed by atoms with Gasteiger partial charge in [0.15, 0.2) is 0 Å². The van der Waals surface area contributed by atoms with Crippen molar-refractivity contribution in [1.82, 2.24) is 14.8 Å². The van der Waals surface area contributed by atoms with E-state index in [1.54, 1.807) is 0 Å². The number of nitrogens with one attached hydrogen (secondary N) is 3. The van der Waals surface area contributed by atoms with Gasteiger partial charge in [-0.05, 0) is 49.9 Å². The molecule has 1 amide bonds. The molecular weight excluding hydrogens is 402 g/mol. The molecule has 3 rings (SSSR count). The Hall–Kier alpha value is -1.49. The third kappa shape index (κ3) is 6.00. The molecule has 0 heterocycles. The predicted octanol–water partition coefficient (Wildman–Crippen LogP) is 1.24. The second-order valence-electron chi connectivity index (χ2n) is 7.42. The van der Waals surface area contributed by atoms with Gasteiger partial charge in [-0.15, -0.1) is 0 Å². The molecule has 0 radical (unpaired) electrons. The lowest BCUT2D eigenvalue weighted by Gasteiger charge is -2.22. The van der Waals surface area contributed by atoms with E-state index in [0.29, 0.717) is 0 Å². The zero-order valence-corrected chi connectivity index (χ0v) is 17.3. The van der Waals surface area contributed by atoms with Gasteiger partial charge in [0.1, 0.15) is 0 Å². The third-order valence-electron chi connectivity index (χ3n) is 4.96. The van der Waals surface area contributed by atoms with Crippen LogP contribution < -0.4 is 14.8 Å². The van der Waals surface area contributed by atoms with Gasteiger partial charge >= 0.3 is 0 Å². The minimum atomic E-state index is -3.81. The van der Waals surface area contributed by atoms with Crippen molar-refractivity contribution in [1.29, 1.82) is 0 Å². The maximum absolute atomic E-state index is 12.3. The molecule has 156 valence electrons. The lowest BCUT2D eigenvalue weighted by Crippen LogP contribution is -2.38. The van der Waals surface area contributed by atoms with Crippen LogP contribution in [0.25, 0.3) is 0 Å². The van der Waals surface area contributed by atoms with Crippen molar-refractivity contribution in [2.75, 3.05) is 6.54 Å². The Balaban J connectivity index is 1.50. The van der Waals surface area contributed by atoms with Crippen LogP contribution in [-0.2, 0) is 24.8 Å². The average molecular weight is 430 g/mol. The summed E-state index contributed by atoms with van der Waals surface area (Å²) >= 11 is 0. The van der Waals surface area contributed by atoms with Crippen molar-refractivity contribution in [3.8, 4) is 0 Å². The summed E-state index contributed by atoms with van der Waals surface area (Å²) in [6, 6.07) is 5.23. The molecule has 0 aliphatic heterocycles. The molecule has 3 N–H and O–H groups in total. The van der Waals surface area contributed by atoms with Crippen LogP contribution in [0, 0.1) is 0 Å². The van der Waals surface area contributed by atoms with E-state index < -0.39 is 20.0 Å². The van der Waals surface area contributed by atoms with E-state index in [1.165, 1.54) is 30.7 Å². The van der Waals surface area contributed by atoms with Gasteiger partial charge in [-0.3, -0.25) is 4.79 Å². The Morgan fingerprint density at radius 3 is 1.96 bits per heavy atom. The average Bonchev–Trinajstić information content (AvgIpc) is 3.46. The molecule has 1 aromatic carbocycles. The Morgan fingerprint density at radius 1 is 0.821 bits per heavy atom. The lowest BCUT2D eigenvalue weighted by atomic mass is 9.95. The highest BCUT2D eigenvalue weighted by Gasteiger charge is 2.28. The number of amides is 1. The van der Waals surface area contributed by atoms with Crippen LogP contribution in [0.4, 0.5) is 0 Å². The van der Waals surface area contributed by atoms with E-state index in [1.807, 2.05) is 0 Å². The minimum Gasteiger partial charge on any atom is -0.353 e. The molecule has 0 spiro atoms. The molecule has 2 fully saturated rings. The highest BCUT2D eigenvalue weighted by Crippen LogP contribution is 2.23. The molecule has 2 aliphatic rings. The fourth-order valence-electron chi connectivity index (χ4n) is 3.22. The molecule has 2 saturated carbocycles. The van der Waals surface area contributed by atoms with Gasteiger partial charge in [0.25, 0.3) is 0 Å². The highest BCUT2D eigenvalue weighted by molar-refractivity contribution is 7.90. The number of carbonyl (C=O) groups is 1. The number of hydrogen-bond acceptors (Lipinski definition) is 5. The van der Waals surface area contributed by atoms with Crippen LogP contribution in [0.1, 0.15) is 51.4 Å². The van der Waals surface area contributed by atoms with Crippen molar-refractivity contribution >= 4 is 26.0 Å². The van der Waals surface area contributed by atoms with Crippen LogP contribution in [0.15, 0.2) is 34.1 Å². The normalized spacial score (nSPS) is 18.7. The van der Waals surface area contributed by atoms with E-state index in [-0.39, 0.29) is 40.7 Å². The standard InChI is InChI=1S/C18H27N3O5S2/c22-18(20-14-4-2-1-3-5-14)12-13-19-27(23,24)16-8-10-17(11-9-16)28(25,26)21-15-6-7-15/h8-11,14-15,19,21H,1-7,12-13H2,(H,20,22). The van der Waals surface area contributed by atoms with Crippen molar-refractivity contribution < 1.29 is 21.6 Å². The van der Waals surface area contributed by atoms with Gasteiger partial charge in [0.05, 0.1) is 9.79 Å². The fourth-order valence-corrected chi connectivity index (χ4v) is 5.55. The van der Waals surface area contributed by atoms with Crippen LogP contribution in [0.3, 0.4) is 0 Å². The van der Waals surface area contributed by atoms with E-state index in [0.717, 1.165) is 38.5 Å². The summed E-state index contributed by atoms with van der Waals surface area (Å²) in [5, 5.41) is 2.94. The van der Waals surface area contributed by atoms with Crippen molar-refractivity contribution in [3.05, 3.63) is 24.3 Å². The van der Waals surface area contributed by atoms with Gasteiger partial charge in [0.2, 0.25) is 26.0 Å². The van der Waals surface area contributed by atoms with Crippen LogP contribution in [0.2, 0.25) is 0 Å². The summed E-state index contributed by atoms with van der Waals surface area (Å²) in [7, 11) is -7.43. The third-order valence-corrected chi connectivity index (χ3v) is 7.97. The molecule has 0 saturated heterocycles. The number of benzene rings is 1. The molecule has 2 aliphatic carbocycles. The summed E-state index contributed by atoms with van der Waals surface area (Å²) in [5.74, 6) is -0.165. The molecule has 28 heavy (non-hydrogen) atoms. The molecule has 0 bridgehead atoms. The topological polar surface area (TPSA) is 121 Å². The Labute approximate surface area is 166 Å². The number of sulfonamides is 2. The largest absolute Gasteiger partial charge is 0.353 e. The predicted molar refractivity (Wildman–Crippen MR) is 105 cm³/mol. The van der Waals surface area contributed by atoms with E-state index in [9.17, 15) is 21.6 Å². The van der Waals surface area contributed by atoms with Gasteiger partial charge in [-0.2, -0.15) is 0 Å². The SMILES string of the molecule is O=C(CCNS(=O)(=O)c1ccc(S(=O)(=O)NC2CC2)cc1)NC1CCCCC1. The summed E-state index contributed by atoms with van der Waals surface area (Å²) in [6.07, 6.45) is 7.08. The van der Waals surface area contributed by atoms with Gasteiger partial charge < -0.3 is 5.32 Å². The van der Waals surface area contributed by atoms with Crippen LogP contribution in [0.5, 0.6) is 0 Å². The molecule has 10 heteroatoms. The Kier molecular flexibility index (Phi) is 6.74. The summed E-state index contributed by atoms with van der Waals surface area (Å²) in [6.45, 7) is -0.00975. The minimum absolute atomic E-state index is 0.00975. The van der Waals surface area contributed by atoms with Gasteiger partial charge in [0, 0.05) is 25.0 Å².